The van der Waals surface area contributed by atoms with E-state index >= 15 is 0 Å². The van der Waals surface area contributed by atoms with E-state index < -0.39 is 21.7 Å². The normalized spacial score (nSPS) is 13.4. The number of hydrogen-bond donors (Lipinski definition) is 1. The molecule has 33 heavy (non-hydrogen) atoms. The highest BCUT2D eigenvalue weighted by Crippen LogP contribution is 2.31. The van der Waals surface area contributed by atoms with Gasteiger partial charge in [-0.15, -0.1) is 11.3 Å². The second-order valence-corrected chi connectivity index (χ2v) is 10.4. The zero-order valence-corrected chi connectivity index (χ0v) is 19.7. The van der Waals surface area contributed by atoms with Crippen LogP contribution in [0.4, 0.5) is 18.9 Å². The molecular weight excluding hydrogens is 469 g/mol. The van der Waals surface area contributed by atoms with E-state index in [9.17, 15) is 21.6 Å². The van der Waals surface area contributed by atoms with Gasteiger partial charge in [-0.3, -0.25) is 0 Å². The number of allylic oxidation sites excluding steroid dienone is 2. The van der Waals surface area contributed by atoms with E-state index in [1.54, 1.807) is 35.7 Å². The molecule has 0 fully saturated rings. The van der Waals surface area contributed by atoms with Crippen LogP contribution in [0.15, 0.2) is 81.6 Å². The van der Waals surface area contributed by atoms with Gasteiger partial charge in [-0.2, -0.15) is 13.2 Å². The predicted molar refractivity (Wildman–Crippen MR) is 128 cm³/mol. The van der Waals surface area contributed by atoms with Gasteiger partial charge in [0.05, 0.1) is 21.2 Å². The summed E-state index contributed by atoms with van der Waals surface area (Å²) in [7, 11) is -3.40. The lowest BCUT2D eigenvalue weighted by molar-refractivity contribution is -0.0925. The average molecular weight is 493 g/mol. The van der Waals surface area contributed by atoms with Crippen LogP contribution in [-0.4, -0.2) is 26.6 Å². The summed E-state index contributed by atoms with van der Waals surface area (Å²) in [6, 6.07) is 15.4. The number of aliphatic imine (C=N–C) groups is 1. The van der Waals surface area contributed by atoms with Gasteiger partial charge < -0.3 is 5.73 Å². The van der Waals surface area contributed by atoms with Gasteiger partial charge in [-0.05, 0) is 58.8 Å². The highest BCUT2D eigenvalue weighted by atomic mass is 32.2. The number of sulfone groups is 1. The Kier molecular flexibility index (Phi) is 7.44. The van der Waals surface area contributed by atoms with Crippen molar-refractivity contribution in [3.8, 4) is 11.1 Å². The lowest BCUT2D eigenvalue weighted by Crippen LogP contribution is -2.20. The second-order valence-electron chi connectivity index (χ2n) is 7.47. The maximum atomic E-state index is 13.2. The van der Waals surface area contributed by atoms with E-state index in [0.29, 0.717) is 21.7 Å². The molecule has 174 valence electrons. The first kappa shape index (κ1) is 24.7. The Hall–Kier alpha value is -2.91. The number of benzene rings is 2. The van der Waals surface area contributed by atoms with Gasteiger partial charge in [-0.1, -0.05) is 43.7 Å². The monoisotopic (exact) mass is 492 g/mol. The molecule has 9 heteroatoms. The highest BCUT2D eigenvalue weighted by Gasteiger charge is 2.32. The number of thiophene rings is 1. The molecule has 0 bridgehead atoms. The summed E-state index contributed by atoms with van der Waals surface area (Å²) in [6.07, 6.45) is -1.13. The van der Waals surface area contributed by atoms with Crippen LogP contribution in [-0.2, 0) is 16.3 Å². The van der Waals surface area contributed by atoms with Gasteiger partial charge in [0.1, 0.15) is 5.70 Å². The van der Waals surface area contributed by atoms with Crippen LogP contribution in [0.3, 0.4) is 0 Å². The third-order valence-electron chi connectivity index (χ3n) is 4.82. The Morgan fingerprint density at radius 1 is 1.09 bits per heavy atom. The molecule has 1 aromatic heterocycles. The van der Waals surface area contributed by atoms with Crippen molar-refractivity contribution in [1.29, 1.82) is 0 Å². The number of alkyl halides is 3. The molecule has 0 amide bonds. The minimum atomic E-state index is -4.69. The van der Waals surface area contributed by atoms with Crippen molar-refractivity contribution >= 4 is 32.6 Å². The molecule has 0 radical (unpaired) electrons. The van der Waals surface area contributed by atoms with Crippen molar-refractivity contribution in [3.63, 3.8) is 0 Å². The smallest absolute Gasteiger partial charge is 0.395 e. The predicted octanol–water partition coefficient (Wildman–Crippen LogP) is 6.30. The fourth-order valence-electron chi connectivity index (χ4n) is 3.15. The fraction of sp³-hybridized carbons (Fsp3) is 0.208. The first-order chi connectivity index (χ1) is 15.5. The molecule has 0 aliphatic carbocycles. The molecule has 0 spiro atoms. The Labute approximate surface area is 195 Å². The van der Waals surface area contributed by atoms with Crippen molar-refractivity contribution < 1.29 is 21.6 Å². The molecule has 0 aliphatic rings. The summed E-state index contributed by atoms with van der Waals surface area (Å²) in [5, 5.41) is 1.75. The van der Waals surface area contributed by atoms with Gasteiger partial charge in [0.15, 0.2) is 9.84 Å². The van der Waals surface area contributed by atoms with Crippen molar-refractivity contribution in [2.75, 3.05) is 6.26 Å². The van der Waals surface area contributed by atoms with E-state index in [4.69, 9.17) is 5.73 Å². The first-order valence-corrected chi connectivity index (χ1v) is 12.9. The molecule has 4 nitrogen and oxygen atoms in total. The molecule has 3 aromatic rings. The molecular formula is C24H23F3N2O2S2. The van der Waals surface area contributed by atoms with Crippen molar-refractivity contribution in [2.24, 2.45) is 10.7 Å². The van der Waals surface area contributed by atoms with Crippen molar-refractivity contribution in [3.05, 3.63) is 82.2 Å². The lowest BCUT2D eigenvalue weighted by atomic mass is 10.1. The number of nitrogens with two attached hydrogens (primary N) is 1. The molecule has 2 aromatic carbocycles. The van der Waals surface area contributed by atoms with Crippen LogP contribution in [0.25, 0.3) is 11.1 Å². The summed E-state index contributed by atoms with van der Waals surface area (Å²) in [5.74, 6) is 0. The van der Waals surface area contributed by atoms with Gasteiger partial charge in [-0.25, -0.2) is 13.4 Å². The summed E-state index contributed by atoms with van der Waals surface area (Å²) < 4.78 is 63.3. The molecule has 1 heterocycles. The quantitative estimate of drug-likeness (QED) is 0.394. The zero-order valence-electron chi connectivity index (χ0n) is 18.1. The van der Waals surface area contributed by atoms with Crippen LogP contribution in [0, 0.1) is 0 Å². The first-order valence-electron chi connectivity index (χ1n) is 10.1. The Balaban J connectivity index is 2.11. The van der Waals surface area contributed by atoms with Crippen LogP contribution < -0.4 is 5.73 Å². The minimum absolute atomic E-state index is 0.0869. The maximum absolute atomic E-state index is 13.2. The number of nitrogens with zero attached hydrogens (tertiary/aromatic N) is 1. The highest BCUT2D eigenvalue weighted by molar-refractivity contribution is 7.90. The second kappa shape index (κ2) is 9.93. The number of rotatable bonds is 7. The molecule has 3 rings (SSSR count). The summed E-state index contributed by atoms with van der Waals surface area (Å²) in [4.78, 5) is 5.18. The molecule has 0 atom stereocenters. The average Bonchev–Trinajstić information content (AvgIpc) is 3.24. The van der Waals surface area contributed by atoms with Gasteiger partial charge in [0, 0.05) is 6.26 Å². The van der Waals surface area contributed by atoms with Crippen LogP contribution in [0.2, 0.25) is 0 Å². The summed E-state index contributed by atoms with van der Waals surface area (Å²) >= 11 is 1.21. The molecule has 0 unspecified atom stereocenters. The summed E-state index contributed by atoms with van der Waals surface area (Å²) in [5.41, 5.74) is 6.97. The number of halogens is 3. The van der Waals surface area contributed by atoms with E-state index in [1.165, 1.54) is 23.5 Å². The number of para-hydroxylation sites is 1. The van der Waals surface area contributed by atoms with E-state index in [1.807, 2.05) is 19.1 Å². The Bertz CT molecular complexity index is 1310. The van der Waals surface area contributed by atoms with Crippen LogP contribution in [0.5, 0.6) is 0 Å². The van der Waals surface area contributed by atoms with Gasteiger partial charge in [0.2, 0.25) is 0 Å². The largest absolute Gasteiger partial charge is 0.430 e. The van der Waals surface area contributed by atoms with Crippen molar-refractivity contribution in [2.45, 2.75) is 30.8 Å². The third-order valence-corrected chi connectivity index (χ3v) is 6.88. The molecule has 0 saturated heterocycles. The molecule has 2 N–H and O–H groups in total. The molecule has 0 aliphatic heterocycles. The zero-order chi connectivity index (χ0) is 24.2. The van der Waals surface area contributed by atoms with Crippen LogP contribution in [0.1, 0.15) is 23.8 Å². The van der Waals surface area contributed by atoms with E-state index in [-0.39, 0.29) is 10.6 Å². The van der Waals surface area contributed by atoms with E-state index in [2.05, 4.69) is 4.99 Å². The fourth-order valence-corrected chi connectivity index (χ4v) is 4.69. The maximum Gasteiger partial charge on any atom is 0.430 e. The Morgan fingerprint density at radius 3 is 2.48 bits per heavy atom. The summed E-state index contributed by atoms with van der Waals surface area (Å²) in [6.45, 7) is 2.01. The number of aryl methyl sites for hydroxylation is 1. The van der Waals surface area contributed by atoms with Crippen LogP contribution >= 0.6 is 11.3 Å². The van der Waals surface area contributed by atoms with Crippen molar-refractivity contribution in [1.82, 2.24) is 0 Å². The minimum Gasteiger partial charge on any atom is -0.395 e. The Morgan fingerprint density at radius 2 is 1.82 bits per heavy atom. The van der Waals surface area contributed by atoms with E-state index in [0.717, 1.165) is 30.7 Å². The third kappa shape index (κ3) is 6.33. The number of hydrogen-bond acceptors (Lipinski definition) is 5. The standard InChI is InChI=1S/C24H23F3N2O2S2/c1-3-7-16-8-4-5-11-20(16)29-21(14-23(28)24(25,26)27)22-13-18(15-32-22)17-9-6-10-19(12-17)33(2,30)31/h4-6,8-15H,3,7,28H2,1-2H3/b23-14-,29-21?. The molecule has 0 saturated carbocycles. The van der Waals surface area contributed by atoms with Gasteiger partial charge >= 0.3 is 6.18 Å². The topological polar surface area (TPSA) is 72.5 Å². The lowest BCUT2D eigenvalue weighted by Gasteiger charge is -2.09. The van der Waals surface area contributed by atoms with Gasteiger partial charge in [0.25, 0.3) is 0 Å². The SMILES string of the molecule is CCCc1ccccc1N=C(/C=C(\N)C(F)(F)F)c1cc(-c2cccc(S(C)(=O)=O)c2)cs1.